The van der Waals surface area contributed by atoms with E-state index in [1.165, 1.54) is 0 Å². The zero-order chi connectivity index (χ0) is 6.81. The van der Waals surface area contributed by atoms with Crippen molar-refractivity contribution in [3.63, 3.8) is 0 Å². The summed E-state index contributed by atoms with van der Waals surface area (Å²) < 4.78 is 0. The highest BCUT2D eigenvalue weighted by molar-refractivity contribution is 6.16. The van der Waals surface area contributed by atoms with Crippen LogP contribution in [0.5, 0.6) is 0 Å². The Kier molecular flexibility index (Phi) is 1.36. The fourth-order valence-corrected chi connectivity index (χ4v) is 1.17. The van der Waals surface area contributed by atoms with Gasteiger partial charge in [0.05, 0.1) is 17.6 Å². The van der Waals surface area contributed by atoms with Gasteiger partial charge in [-0.2, -0.15) is 0 Å². The molecule has 51 valence electrons. The van der Waals surface area contributed by atoms with Crippen LogP contribution in [-0.2, 0) is 0 Å². The molecule has 3 heteroatoms. The second kappa shape index (κ2) is 2.34. The summed E-state index contributed by atoms with van der Waals surface area (Å²) in [6.45, 7) is 1.91. The zero-order valence-corrected chi connectivity index (χ0v) is 5.67. The molecule has 1 N–H and O–H groups in total. The lowest BCUT2D eigenvalue weighted by Crippen LogP contribution is -2.27. The van der Waals surface area contributed by atoms with E-state index in [0.717, 1.165) is 30.9 Å². The molecule has 0 aromatic heterocycles. The Balaban J connectivity index is 2.33. The normalized spacial score (nSPS) is 23.2. The first kappa shape index (κ1) is 5.80. The van der Waals surface area contributed by atoms with E-state index in [1.54, 1.807) is 12.4 Å². The molecule has 10 heavy (non-hydrogen) atoms. The van der Waals surface area contributed by atoms with Crippen molar-refractivity contribution in [2.24, 2.45) is 4.99 Å². The van der Waals surface area contributed by atoms with Crippen LogP contribution in [0.2, 0.25) is 0 Å². The molecule has 1 radical (unpaired) electrons. The minimum Gasteiger partial charge on any atom is -0.310 e. The highest BCUT2D eigenvalue weighted by Crippen LogP contribution is 2.10. The van der Waals surface area contributed by atoms with E-state index < -0.39 is 0 Å². The van der Waals surface area contributed by atoms with Crippen molar-refractivity contribution in [3.05, 3.63) is 11.4 Å². The quantitative estimate of drug-likeness (QED) is 0.486. The number of aliphatic imine (C=N–C) groups is 2. The third-order valence-corrected chi connectivity index (χ3v) is 1.69. The van der Waals surface area contributed by atoms with Gasteiger partial charge >= 0.3 is 0 Å². The van der Waals surface area contributed by atoms with Gasteiger partial charge in [-0.3, -0.25) is 0 Å². The minimum absolute atomic E-state index is 0.878. The van der Waals surface area contributed by atoms with Crippen molar-refractivity contribution in [2.45, 2.75) is 6.42 Å². The van der Waals surface area contributed by atoms with Crippen LogP contribution in [0.3, 0.4) is 0 Å². The summed E-state index contributed by atoms with van der Waals surface area (Å²) in [6, 6.07) is 0. The standard InChI is InChI=1S/C7H9N3/c1-2-8-5-7-6(1)9-3-4-10-7/h3-4,8H,1-2,5H2/q+1. The van der Waals surface area contributed by atoms with Crippen molar-refractivity contribution in [1.82, 2.24) is 10.3 Å². The van der Waals surface area contributed by atoms with Gasteiger partial charge < -0.3 is 5.32 Å². The third kappa shape index (κ3) is 0.885. The molecule has 2 aliphatic rings. The highest BCUT2D eigenvalue weighted by atomic mass is 15.0. The summed E-state index contributed by atoms with van der Waals surface area (Å²) in [5.41, 5.74) is 2.26. The number of rotatable bonds is 0. The number of hydrogen-bond donors (Lipinski definition) is 1. The van der Waals surface area contributed by atoms with Gasteiger partial charge in [-0.15, -0.1) is 0 Å². The Morgan fingerprint density at radius 2 is 2.60 bits per heavy atom. The Labute approximate surface area is 59.6 Å². The summed E-state index contributed by atoms with van der Waals surface area (Å²) in [4.78, 5) is 8.41. The first-order chi connectivity index (χ1) is 4.97. The van der Waals surface area contributed by atoms with Gasteiger partial charge in [-0.1, -0.05) is 0 Å². The van der Waals surface area contributed by atoms with Gasteiger partial charge in [0.2, 0.25) is 0 Å². The van der Waals surface area contributed by atoms with Crippen LogP contribution in [0.4, 0.5) is 0 Å². The Bertz CT molecular complexity index is 201. The SMILES string of the molecule is C1=NC2=C(CCNC2)[N+]=C1. The predicted octanol–water partition coefficient (Wildman–Crippen LogP) is -0.318. The van der Waals surface area contributed by atoms with Crippen LogP contribution in [-0.4, -0.2) is 25.5 Å². The molecular weight excluding hydrogens is 126 g/mol. The molecule has 0 atom stereocenters. The van der Waals surface area contributed by atoms with Crippen LogP contribution >= 0.6 is 0 Å². The fraction of sp³-hybridized carbons (Fsp3) is 0.429. The molecule has 0 fully saturated rings. The molecule has 3 nitrogen and oxygen atoms in total. The molecule has 0 bridgehead atoms. The van der Waals surface area contributed by atoms with Crippen LogP contribution in [0.25, 0.3) is 0 Å². The van der Waals surface area contributed by atoms with Crippen LogP contribution < -0.4 is 10.3 Å². The van der Waals surface area contributed by atoms with Gasteiger partial charge in [-0.25, -0.2) is 4.99 Å². The molecule has 0 saturated heterocycles. The molecule has 0 unspecified atom stereocenters. The topological polar surface area (TPSA) is 38.5 Å². The lowest BCUT2D eigenvalue weighted by molar-refractivity contribution is 0.658. The van der Waals surface area contributed by atoms with Crippen LogP contribution in [0, 0.1) is 0 Å². The maximum absolute atomic E-state index is 4.22. The van der Waals surface area contributed by atoms with E-state index in [4.69, 9.17) is 0 Å². The van der Waals surface area contributed by atoms with Crippen molar-refractivity contribution < 1.29 is 0 Å². The molecule has 0 amide bonds. The second-order valence-electron chi connectivity index (χ2n) is 2.38. The molecule has 2 rings (SSSR count). The summed E-state index contributed by atoms with van der Waals surface area (Å²) >= 11 is 0. The maximum Gasteiger partial charge on any atom is 0.277 e. The lowest BCUT2D eigenvalue weighted by Gasteiger charge is -2.09. The number of nitrogens with zero attached hydrogens (tertiary/aromatic N) is 2. The van der Waals surface area contributed by atoms with Crippen molar-refractivity contribution in [2.75, 3.05) is 13.1 Å². The maximum atomic E-state index is 4.22. The fourth-order valence-electron chi connectivity index (χ4n) is 1.17. The van der Waals surface area contributed by atoms with E-state index in [1.807, 2.05) is 0 Å². The molecule has 2 heterocycles. The first-order valence-corrected chi connectivity index (χ1v) is 3.46. The number of hydrogen-bond acceptors (Lipinski definition) is 3. The molecule has 0 spiro atoms. The van der Waals surface area contributed by atoms with Gasteiger partial charge in [0.15, 0.2) is 0 Å². The molecule has 2 aliphatic heterocycles. The monoisotopic (exact) mass is 135 g/mol. The van der Waals surface area contributed by atoms with Gasteiger partial charge in [0.25, 0.3) is 11.9 Å². The average Bonchev–Trinajstić information content (AvgIpc) is 2.05. The Morgan fingerprint density at radius 1 is 1.60 bits per heavy atom. The van der Waals surface area contributed by atoms with E-state index in [0.29, 0.717) is 0 Å². The molecule has 0 saturated carbocycles. The van der Waals surface area contributed by atoms with Gasteiger partial charge in [-0.05, 0) is 0 Å². The lowest BCUT2D eigenvalue weighted by atomic mass is 10.2. The largest absolute Gasteiger partial charge is 0.310 e. The van der Waals surface area contributed by atoms with E-state index >= 15 is 0 Å². The summed E-state index contributed by atoms with van der Waals surface area (Å²) in [6.07, 6.45) is 4.51. The van der Waals surface area contributed by atoms with Gasteiger partial charge in [0.1, 0.15) is 5.70 Å². The Hall–Kier alpha value is -0.960. The molecule has 0 aromatic rings. The minimum atomic E-state index is 0.878. The molecule has 0 aliphatic carbocycles. The number of nitrogens with one attached hydrogen (secondary N) is 1. The highest BCUT2D eigenvalue weighted by Gasteiger charge is 2.20. The summed E-state index contributed by atoms with van der Waals surface area (Å²) in [5.74, 6) is 0. The van der Waals surface area contributed by atoms with Gasteiger partial charge in [0, 0.05) is 13.1 Å². The zero-order valence-electron chi connectivity index (χ0n) is 5.67. The van der Waals surface area contributed by atoms with E-state index in [9.17, 15) is 0 Å². The first-order valence-electron chi connectivity index (χ1n) is 3.46. The molecular formula is C7H9N3+. The molecule has 0 aromatic carbocycles. The van der Waals surface area contributed by atoms with Crippen LogP contribution in [0.15, 0.2) is 16.4 Å². The van der Waals surface area contributed by atoms with Crippen molar-refractivity contribution in [1.29, 1.82) is 0 Å². The van der Waals surface area contributed by atoms with Crippen LogP contribution in [0.1, 0.15) is 6.42 Å². The van der Waals surface area contributed by atoms with Crippen molar-refractivity contribution in [3.8, 4) is 0 Å². The van der Waals surface area contributed by atoms with E-state index in [2.05, 4.69) is 15.3 Å². The predicted molar refractivity (Wildman–Crippen MR) is 41.2 cm³/mol. The Morgan fingerprint density at radius 3 is 3.50 bits per heavy atom. The summed E-state index contributed by atoms with van der Waals surface area (Å²) in [5, 5.41) is 3.24. The third-order valence-electron chi connectivity index (χ3n) is 1.69. The summed E-state index contributed by atoms with van der Waals surface area (Å²) in [7, 11) is 0. The smallest absolute Gasteiger partial charge is 0.277 e. The van der Waals surface area contributed by atoms with E-state index in [-0.39, 0.29) is 0 Å². The van der Waals surface area contributed by atoms with Crippen molar-refractivity contribution >= 4 is 12.4 Å². The average molecular weight is 135 g/mol. The second-order valence-corrected chi connectivity index (χ2v) is 2.38.